The third-order valence-electron chi connectivity index (χ3n) is 8.06. The largest absolute Gasteiger partial charge is 0.356 e. The number of fused-ring (bicyclic) bond motifs is 1. The van der Waals surface area contributed by atoms with Gasteiger partial charge in [-0.05, 0) is 76.2 Å². The van der Waals surface area contributed by atoms with Crippen LogP contribution in [0, 0.1) is 23.7 Å². The highest BCUT2D eigenvalue weighted by Crippen LogP contribution is 2.36. The van der Waals surface area contributed by atoms with Crippen LogP contribution in [0.1, 0.15) is 70.6 Å². The number of nitrogens with one attached hydrogen (secondary N) is 2. The fraction of sp³-hybridized carbons (Fsp3) is 0.913. The summed E-state index contributed by atoms with van der Waals surface area (Å²) in [5.74, 6) is 2.27. The SMILES string of the molecule is O=C(NCCC1CNC2CCCCC12)C1CCN(C(=O)C2CCC(Cl)CC2)CC1. The number of hydrogen-bond acceptors (Lipinski definition) is 3. The highest BCUT2D eigenvalue weighted by Gasteiger charge is 2.37. The number of nitrogens with zero attached hydrogens (tertiary/aromatic N) is 1. The lowest BCUT2D eigenvalue weighted by molar-refractivity contribution is -0.140. The van der Waals surface area contributed by atoms with Crippen LogP contribution >= 0.6 is 11.6 Å². The maximum atomic E-state index is 12.7. The molecule has 0 aromatic rings. The van der Waals surface area contributed by atoms with Crippen molar-refractivity contribution in [1.29, 1.82) is 0 Å². The van der Waals surface area contributed by atoms with Gasteiger partial charge in [0.1, 0.15) is 0 Å². The minimum Gasteiger partial charge on any atom is -0.356 e. The summed E-state index contributed by atoms with van der Waals surface area (Å²) in [7, 11) is 0. The van der Waals surface area contributed by atoms with Gasteiger partial charge in [0.2, 0.25) is 11.8 Å². The lowest BCUT2D eigenvalue weighted by atomic mass is 9.79. The van der Waals surface area contributed by atoms with Gasteiger partial charge < -0.3 is 15.5 Å². The Bertz CT molecular complexity index is 570. The maximum absolute atomic E-state index is 12.7. The van der Waals surface area contributed by atoms with Crippen LogP contribution in [-0.2, 0) is 9.59 Å². The standard InChI is InChI=1S/C23H38ClN3O2/c24-19-7-5-17(6-8-19)23(29)27-13-10-16(11-14-27)22(28)25-12-9-18-15-26-21-4-2-1-3-20(18)21/h16-21,26H,1-15H2,(H,25,28). The molecular formula is C23H38ClN3O2. The van der Waals surface area contributed by atoms with Crippen LogP contribution in [0.25, 0.3) is 0 Å². The molecule has 2 amide bonds. The quantitative estimate of drug-likeness (QED) is 0.667. The van der Waals surface area contributed by atoms with Crippen LogP contribution in [-0.4, -0.2) is 54.3 Å². The van der Waals surface area contributed by atoms with Gasteiger partial charge in [-0.2, -0.15) is 0 Å². The molecule has 4 fully saturated rings. The first-order chi connectivity index (χ1) is 14.1. The zero-order valence-corrected chi connectivity index (χ0v) is 18.5. The predicted octanol–water partition coefficient (Wildman–Crippen LogP) is 3.31. The Balaban J connectivity index is 1.14. The second-order valence-electron chi connectivity index (χ2n) is 9.85. The summed E-state index contributed by atoms with van der Waals surface area (Å²) in [6.45, 7) is 3.38. The molecule has 0 bridgehead atoms. The van der Waals surface area contributed by atoms with Gasteiger partial charge in [0, 0.05) is 42.9 Å². The average molecular weight is 424 g/mol. The van der Waals surface area contributed by atoms with E-state index in [0.717, 1.165) is 89.0 Å². The molecule has 6 heteroatoms. The predicted molar refractivity (Wildman–Crippen MR) is 116 cm³/mol. The van der Waals surface area contributed by atoms with E-state index in [1.807, 2.05) is 4.90 Å². The number of halogens is 1. The van der Waals surface area contributed by atoms with Crippen molar-refractivity contribution >= 4 is 23.4 Å². The van der Waals surface area contributed by atoms with Crippen molar-refractivity contribution in [2.75, 3.05) is 26.2 Å². The van der Waals surface area contributed by atoms with E-state index in [1.165, 1.54) is 25.7 Å². The minimum absolute atomic E-state index is 0.0711. The van der Waals surface area contributed by atoms with E-state index in [-0.39, 0.29) is 23.1 Å². The molecule has 4 rings (SSSR count). The van der Waals surface area contributed by atoms with Gasteiger partial charge in [0.05, 0.1) is 0 Å². The first-order valence-electron chi connectivity index (χ1n) is 12.1. The van der Waals surface area contributed by atoms with E-state index in [2.05, 4.69) is 10.6 Å². The minimum atomic E-state index is 0.0711. The highest BCUT2D eigenvalue weighted by molar-refractivity contribution is 6.20. The number of alkyl halides is 1. The van der Waals surface area contributed by atoms with Crippen molar-refractivity contribution in [3.8, 4) is 0 Å². The summed E-state index contributed by atoms with van der Waals surface area (Å²) >= 11 is 6.17. The van der Waals surface area contributed by atoms with E-state index in [9.17, 15) is 9.59 Å². The molecule has 2 N–H and O–H groups in total. The second-order valence-corrected chi connectivity index (χ2v) is 10.5. The van der Waals surface area contributed by atoms with Gasteiger partial charge in [-0.15, -0.1) is 11.6 Å². The van der Waals surface area contributed by atoms with Crippen molar-refractivity contribution in [2.45, 2.75) is 82.0 Å². The molecule has 29 heavy (non-hydrogen) atoms. The Hall–Kier alpha value is -0.810. The topological polar surface area (TPSA) is 61.4 Å². The molecule has 5 nitrogen and oxygen atoms in total. The molecule has 0 aromatic heterocycles. The summed E-state index contributed by atoms with van der Waals surface area (Å²) in [6, 6.07) is 0.728. The monoisotopic (exact) mass is 423 g/mol. The molecule has 0 aromatic carbocycles. The van der Waals surface area contributed by atoms with E-state index in [1.54, 1.807) is 0 Å². The van der Waals surface area contributed by atoms with Crippen LogP contribution in [0.5, 0.6) is 0 Å². The number of rotatable bonds is 5. The third-order valence-corrected chi connectivity index (χ3v) is 8.50. The van der Waals surface area contributed by atoms with E-state index >= 15 is 0 Å². The first kappa shape index (κ1) is 21.4. The number of hydrogen-bond donors (Lipinski definition) is 2. The zero-order valence-electron chi connectivity index (χ0n) is 17.7. The molecule has 0 radical (unpaired) electrons. The van der Waals surface area contributed by atoms with Gasteiger partial charge in [0.15, 0.2) is 0 Å². The van der Waals surface area contributed by atoms with E-state index < -0.39 is 0 Å². The Morgan fingerprint density at radius 3 is 2.41 bits per heavy atom. The fourth-order valence-corrected chi connectivity index (χ4v) is 6.44. The molecule has 3 unspecified atom stereocenters. The molecule has 2 heterocycles. The summed E-state index contributed by atoms with van der Waals surface area (Å²) in [4.78, 5) is 27.4. The van der Waals surface area contributed by atoms with Crippen molar-refractivity contribution in [2.24, 2.45) is 23.7 Å². The van der Waals surface area contributed by atoms with Crippen LogP contribution in [0.15, 0.2) is 0 Å². The van der Waals surface area contributed by atoms with E-state index in [4.69, 9.17) is 11.6 Å². The van der Waals surface area contributed by atoms with Gasteiger partial charge in [-0.1, -0.05) is 12.8 Å². The number of carbonyl (C=O) groups excluding carboxylic acids is 2. The van der Waals surface area contributed by atoms with Crippen molar-refractivity contribution in [3.05, 3.63) is 0 Å². The Kier molecular flexibility index (Phi) is 7.39. The smallest absolute Gasteiger partial charge is 0.225 e. The Morgan fingerprint density at radius 1 is 0.931 bits per heavy atom. The van der Waals surface area contributed by atoms with Crippen LogP contribution in [0.2, 0.25) is 0 Å². The highest BCUT2D eigenvalue weighted by atomic mass is 35.5. The molecule has 0 spiro atoms. The Labute approximate surface area is 180 Å². The van der Waals surface area contributed by atoms with E-state index in [0.29, 0.717) is 5.91 Å². The average Bonchev–Trinajstić information content (AvgIpc) is 3.17. The summed E-state index contributed by atoms with van der Waals surface area (Å²) in [5.41, 5.74) is 0. The molecule has 2 aliphatic heterocycles. The molecule has 2 aliphatic carbocycles. The lowest BCUT2D eigenvalue weighted by Gasteiger charge is -2.35. The number of likely N-dealkylation sites (tertiary alicyclic amines) is 1. The molecule has 3 atom stereocenters. The van der Waals surface area contributed by atoms with Crippen LogP contribution in [0.3, 0.4) is 0 Å². The second kappa shape index (κ2) is 10.00. The van der Waals surface area contributed by atoms with Gasteiger partial charge in [-0.3, -0.25) is 9.59 Å². The maximum Gasteiger partial charge on any atom is 0.225 e. The van der Waals surface area contributed by atoms with Crippen LogP contribution in [0.4, 0.5) is 0 Å². The van der Waals surface area contributed by atoms with Crippen molar-refractivity contribution in [3.63, 3.8) is 0 Å². The van der Waals surface area contributed by atoms with Crippen molar-refractivity contribution < 1.29 is 9.59 Å². The van der Waals surface area contributed by atoms with Gasteiger partial charge in [-0.25, -0.2) is 0 Å². The number of piperidine rings is 1. The van der Waals surface area contributed by atoms with Gasteiger partial charge >= 0.3 is 0 Å². The lowest BCUT2D eigenvalue weighted by Crippen LogP contribution is -2.45. The zero-order chi connectivity index (χ0) is 20.2. The summed E-state index contributed by atoms with van der Waals surface area (Å²) in [5, 5.41) is 7.15. The van der Waals surface area contributed by atoms with Gasteiger partial charge in [0.25, 0.3) is 0 Å². The Morgan fingerprint density at radius 2 is 1.66 bits per heavy atom. The molecular weight excluding hydrogens is 386 g/mol. The summed E-state index contributed by atoms with van der Waals surface area (Å²) in [6.07, 6.45) is 11.9. The fourth-order valence-electron chi connectivity index (χ4n) is 6.19. The normalized spacial score (nSPS) is 35.9. The van der Waals surface area contributed by atoms with Crippen LogP contribution < -0.4 is 10.6 Å². The number of amides is 2. The number of carbonyl (C=O) groups is 2. The third kappa shape index (κ3) is 5.28. The molecule has 2 saturated heterocycles. The van der Waals surface area contributed by atoms with Crippen molar-refractivity contribution in [1.82, 2.24) is 15.5 Å². The molecule has 2 saturated carbocycles. The first-order valence-corrected chi connectivity index (χ1v) is 12.5. The summed E-state index contributed by atoms with van der Waals surface area (Å²) < 4.78 is 0. The molecule has 4 aliphatic rings. The molecule has 164 valence electrons.